The molecule has 27 heavy (non-hydrogen) atoms. The second kappa shape index (κ2) is 6.98. The monoisotopic (exact) mass is 371 g/mol. The van der Waals surface area contributed by atoms with Crippen LogP contribution < -0.4 is 5.32 Å². The van der Waals surface area contributed by atoms with Gasteiger partial charge < -0.3 is 14.8 Å². The minimum atomic E-state index is -0.455. The van der Waals surface area contributed by atoms with E-state index in [2.05, 4.69) is 5.32 Å². The topological polar surface area (TPSA) is 81.7 Å². The molecular formula is C21H25NO5. The molecule has 2 saturated carbocycles. The van der Waals surface area contributed by atoms with Crippen LogP contribution in [0, 0.1) is 23.7 Å². The first-order chi connectivity index (χ1) is 13.0. The summed E-state index contributed by atoms with van der Waals surface area (Å²) in [7, 11) is 0. The fourth-order valence-corrected chi connectivity index (χ4v) is 5.14. The zero-order chi connectivity index (χ0) is 19.1. The van der Waals surface area contributed by atoms with Crippen molar-refractivity contribution in [1.29, 1.82) is 0 Å². The zero-order valence-electron chi connectivity index (χ0n) is 15.7. The molecule has 2 aliphatic carbocycles. The molecule has 0 unspecified atom stereocenters. The Bertz CT molecular complexity index is 765. The maximum atomic E-state index is 12.6. The maximum Gasteiger partial charge on any atom is 0.310 e. The van der Waals surface area contributed by atoms with E-state index in [0.29, 0.717) is 0 Å². The number of benzene rings is 1. The van der Waals surface area contributed by atoms with Crippen molar-refractivity contribution in [3.8, 4) is 0 Å². The lowest BCUT2D eigenvalue weighted by atomic mass is 9.80. The molecule has 0 radical (unpaired) electrons. The highest BCUT2D eigenvalue weighted by Gasteiger charge is 2.64. The first kappa shape index (κ1) is 18.0. The van der Waals surface area contributed by atoms with E-state index in [1.807, 2.05) is 32.0 Å². The van der Waals surface area contributed by atoms with Crippen LogP contribution in [0.4, 0.5) is 5.69 Å². The van der Waals surface area contributed by atoms with E-state index in [4.69, 9.17) is 9.47 Å². The van der Waals surface area contributed by atoms with Crippen LogP contribution in [0.2, 0.25) is 0 Å². The molecule has 0 aromatic heterocycles. The van der Waals surface area contributed by atoms with Crippen LogP contribution in [0.15, 0.2) is 18.2 Å². The van der Waals surface area contributed by atoms with E-state index in [1.165, 1.54) is 0 Å². The molecule has 1 heterocycles. The summed E-state index contributed by atoms with van der Waals surface area (Å²) in [6.07, 6.45) is 3.18. The lowest BCUT2D eigenvalue weighted by Gasteiger charge is -2.22. The van der Waals surface area contributed by atoms with E-state index >= 15 is 0 Å². The maximum absolute atomic E-state index is 12.6. The van der Waals surface area contributed by atoms with Crippen molar-refractivity contribution in [2.24, 2.45) is 23.7 Å². The molecule has 1 amide bonds. The minimum absolute atomic E-state index is 0.0159. The molecule has 1 aliphatic heterocycles. The van der Waals surface area contributed by atoms with E-state index in [1.54, 1.807) is 0 Å². The molecule has 2 bridgehead atoms. The number of esters is 2. The first-order valence-electron chi connectivity index (χ1n) is 9.81. The van der Waals surface area contributed by atoms with Crippen LogP contribution in [-0.2, 0) is 36.7 Å². The van der Waals surface area contributed by atoms with Crippen molar-refractivity contribution in [3.05, 3.63) is 29.3 Å². The number of para-hydroxylation sites is 1. The van der Waals surface area contributed by atoms with Gasteiger partial charge in [0.15, 0.2) is 6.61 Å². The van der Waals surface area contributed by atoms with Gasteiger partial charge in [-0.15, -0.1) is 0 Å². The molecule has 5 atom stereocenters. The highest BCUT2D eigenvalue weighted by molar-refractivity contribution is 5.95. The fourth-order valence-electron chi connectivity index (χ4n) is 5.14. The van der Waals surface area contributed by atoms with Gasteiger partial charge in [0, 0.05) is 11.6 Å². The van der Waals surface area contributed by atoms with Crippen molar-refractivity contribution in [2.45, 2.75) is 45.6 Å². The molecule has 4 rings (SSSR count). The third-order valence-electron chi connectivity index (χ3n) is 6.36. The van der Waals surface area contributed by atoms with Crippen LogP contribution in [0.25, 0.3) is 0 Å². The summed E-state index contributed by atoms with van der Waals surface area (Å²) >= 11 is 0. The van der Waals surface area contributed by atoms with Crippen LogP contribution >= 0.6 is 0 Å². The van der Waals surface area contributed by atoms with Gasteiger partial charge in [-0.2, -0.15) is 0 Å². The second-order valence-electron chi connectivity index (χ2n) is 7.74. The Kier molecular flexibility index (Phi) is 4.66. The minimum Gasteiger partial charge on any atom is -0.462 e. The van der Waals surface area contributed by atoms with Gasteiger partial charge in [0.25, 0.3) is 5.91 Å². The molecule has 6 nitrogen and oxygen atoms in total. The summed E-state index contributed by atoms with van der Waals surface area (Å²) in [5, 5.41) is 2.90. The molecule has 1 aromatic rings. The van der Waals surface area contributed by atoms with Gasteiger partial charge in [-0.1, -0.05) is 32.0 Å². The average Bonchev–Trinajstić information content (AvgIpc) is 3.28. The number of amides is 1. The van der Waals surface area contributed by atoms with Gasteiger partial charge in [-0.25, -0.2) is 0 Å². The molecule has 1 aromatic carbocycles. The fraction of sp³-hybridized carbons (Fsp3) is 0.571. The third-order valence-corrected chi connectivity index (χ3v) is 6.36. The molecule has 144 valence electrons. The SMILES string of the molecule is CCc1cccc(CC)c1NC(=O)COC(=O)[C@@H]1[C@H]2C[C@@H]3[C@@H]1C(=O)O[C@@H]3C2. The van der Waals surface area contributed by atoms with Crippen molar-refractivity contribution in [2.75, 3.05) is 11.9 Å². The predicted octanol–water partition coefficient (Wildman–Crippen LogP) is 2.49. The predicted molar refractivity (Wildman–Crippen MR) is 97.9 cm³/mol. The van der Waals surface area contributed by atoms with Gasteiger partial charge >= 0.3 is 11.9 Å². The average molecular weight is 371 g/mol. The van der Waals surface area contributed by atoms with E-state index in [0.717, 1.165) is 42.5 Å². The zero-order valence-corrected chi connectivity index (χ0v) is 15.7. The molecule has 1 saturated heterocycles. The van der Waals surface area contributed by atoms with Gasteiger partial charge in [0.1, 0.15) is 6.10 Å². The molecule has 0 spiro atoms. The van der Waals surface area contributed by atoms with E-state index < -0.39 is 11.9 Å². The largest absolute Gasteiger partial charge is 0.462 e. The molecule has 6 heteroatoms. The molecular weight excluding hydrogens is 346 g/mol. The normalized spacial score (nSPS) is 30.3. The Balaban J connectivity index is 1.38. The number of ether oxygens (including phenoxy) is 2. The summed E-state index contributed by atoms with van der Waals surface area (Å²) in [5.41, 5.74) is 2.93. The lowest BCUT2D eigenvalue weighted by molar-refractivity contribution is -0.157. The van der Waals surface area contributed by atoms with E-state index in [-0.39, 0.29) is 42.3 Å². The number of nitrogens with one attached hydrogen (secondary N) is 1. The molecule has 3 aliphatic rings. The van der Waals surface area contributed by atoms with Gasteiger partial charge in [0.2, 0.25) is 0 Å². The van der Waals surface area contributed by atoms with Crippen molar-refractivity contribution >= 4 is 23.5 Å². The van der Waals surface area contributed by atoms with Gasteiger partial charge in [0.05, 0.1) is 11.8 Å². The Labute approximate surface area is 158 Å². The summed E-state index contributed by atoms with van der Waals surface area (Å²) in [5.74, 6) is -1.62. The number of anilines is 1. The first-order valence-corrected chi connectivity index (χ1v) is 9.81. The number of carbonyl (C=O) groups excluding carboxylic acids is 3. The Morgan fingerprint density at radius 1 is 1.19 bits per heavy atom. The number of hydrogen-bond donors (Lipinski definition) is 1. The van der Waals surface area contributed by atoms with E-state index in [9.17, 15) is 14.4 Å². The number of hydrogen-bond acceptors (Lipinski definition) is 5. The standard InChI is InChI=1S/C21H25NO5/c1-3-11-6-5-7-12(4-2)19(11)22-16(23)10-26-20(24)17-13-8-14-15(9-13)27-21(25)18(14)17/h5-7,13-15,17-18H,3-4,8-10H2,1-2H3,(H,22,23)/t13-,14-,15+,17+,18-/m0/s1. The second-order valence-corrected chi connectivity index (χ2v) is 7.74. The summed E-state index contributed by atoms with van der Waals surface area (Å²) < 4.78 is 10.6. The Morgan fingerprint density at radius 3 is 2.56 bits per heavy atom. The van der Waals surface area contributed by atoms with Crippen LogP contribution in [0.1, 0.15) is 37.8 Å². The van der Waals surface area contributed by atoms with Gasteiger partial charge in [-0.05, 0) is 42.7 Å². The number of fused-ring (bicyclic) bond motifs is 1. The van der Waals surface area contributed by atoms with Crippen LogP contribution in [0.5, 0.6) is 0 Å². The smallest absolute Gasteiger partial charge is 0.310 e. The summed E-state index contributed by atoms with van der Waals surface area (Å²) in [4.78, 5) is 37.0. The van der Waals surface area contributed by atoms with Gasteiger partial charge in [-0.3, -0.25) is 14.4 Å². The number of rotatable bonds is 6. The Hall–Kier alpha value is -2.37. The summed E-state index contributed by atoms with van der Waals surface area (Å²) in [6, 6.07) is 5.95. The number of carbonyl (C=O) groups is 3. The third kappa shape index (κ3) is 3.01. The van der Waals surface area contributed by atoms with Crippen LogP contribution in [-0.4, -0.2) is 30.6 Å². The van der Waals surface area contributed by atoms with Crippen LogP contribution in [0.3, 0.4) is 0 Å². The number of aryl methyl sites for hydroxylation is 2. The Morgan fingerprint density at radius 2 is 1.89 bits per heavy atom. The molecule has 1 N–H and O–H groups in total. The lowest BCUT2D eigenvalue weighted by Crippen LogP contribution is -2.35. The highest BCUT2D eigenvalue weighted by atomic mass is 16.6. The summed E-state index contributed by atoms with van der Waals surface area (Å²) in [6.45, 7) is 3.74. The van der Waals surface area contributed by atoms with Crippen molar-refractivity contribution in [3.63, 3.8) is 0 Å². The van der Waals surface area contributed by atoms with Crippen molar-refractivity contribution < 1.29 is 23.9 Å². The van der Waals surface area contributed by atoms with Crippen molar-refractivity contribution in [1.82, 2.24) is 0 Å². The highest BCUT2D eigenvalue weighted by Crippen LogP contribution is 2.57. The quantitative estimate of drug-likeness (QED) is 0.777. The molecule has 3 fully saturated rings.